The summed E-state index contributed by atoms with van der Waals surface area (Å²) < 4.78 is 28.4. The molecule has 1 fully saturated rings. The van der Waals surface area contributed by atoms with E-state index >= 15 is 0 Å². The van der Waals surface area contributed by atoms with Crippen LogP contribution in [0, 0.1) is 13.8 Å². The highest BCUT2D eigenvalue weighted by Gasteiger charge is 2.27. The maximum Gasteiger partial charge on any atom is 0.251 e. The summed E-state index contributed by atoms with van der Waals surface area (Å²) in [6.45, 7) is 4.36. The molecule has 156 valence electrons. The van der Waals surface area contributed by atoms with E-state index in [4.69, 9.17) is 0 Å². The molecule has 29 heavy (non-hydrogen) atoms. The number of hydrogen-bond donors (Lipinski definition) is 2. The summed E-state index contributed by atoms with van der Waals surface area (Å²) in [6.07, 6.45) is 1.68. The van der Waals surface area contributed by atoms with Crippen molar-refractivity contribution in [3.63, 3.8) is 0 Å². The molecule has 1 saturated heterocycles. The first-order chi connectivity index (χ1) is 13.7. The van der Waals surface area contributed by atoms with Crippen molar-refractivity contribution in [1.29, 1.82) is 0 Å². The predicted octanol–water partition coefficient (Wildman–Crippen LogP) is 1.19. The normalized spacial score (nSPS) is 14.7. The molecule has 0 aliphatic carbocycles. The molecule has 10 heteroatoms. The fourth-order valence-electron chi connectivity index (χ4n) is 3.28. The summed E-state index contributed by atoms with van der Waals surface area (Å²) in [4.78, 5) is 24.7. The van der Waals surface area contributed by atoms with E-state index in [0.29, 0.717) is 24.5 Å². The third-order valence-electron chi connectivity index (χ3n) is 4.98. The van der Waals surface area contributed by atoms with Crippen molar-refractivity contribution in [2.75, 3.05) is 25.0 Å². The van der Waals surface area contributed by atoms with Crippen LogP contribution in [0.2, 0.25) is 0 Å². The fourth-order valence-corrected chi connectivity index (χ4v) is 4.84. The molecule has 3 rings (SSSR count). The predicted molar refractivity (Wildman–Crippen MR) is 108 cm³/mol. The summed E-state index contributed by atoms with van der Waals surface area (Å²) in [6, 6.07) is 5.87. The largest absolute Gasteiger partial charge is 0.343 e. The van der Waals surface area contributed by atoms with Gasteiger partial charge in [0.15, 0.2) is 0 Å². The second-order valence-electron chi connectivity index (χ2n) is 7.04. The summed E-state index contributed by atoms with van der Waals surface area (Å²) in [5.74, 6) is -0.906. The van der Waals surface area contributed by atoms with Crippen LogP contribution in [-0.2, 0) is 21.9 Å². The maximum absolute atomic E-state index is 12.7. The molecule has 1 aromatic heterocycles. The Labute approximate surface area is 170 Å². The Kier molecular flexibility index (Phi) is 6.04. The Morgan fingerprint density at radius 3 is 2.48 bits per heavy atom. The van der Waals surface area contributed by atoms with Gasteiger partial charge in [-0.2, -0.15) is 9.40 Å². The highest BCUT2D eigenvalue weighted by Crippen LogP contribution is 2.21. The van der Waals surface area contributed by atoms with Crippen LogP contribution in [0.15, 0.2) is 29.2 Å². The molecule has 2 amide bonds. The third kappa shape index (κ3) is 4.48. The molecular weight excluding hydrogens is 394 g/mol. The third-order valence-corrected chi connectivity index (χ3v) is 6.88. The topological polar surface area (TPSA) is 113 Å². The van der Waals surface area contributed by atoms with Crippen molar-refractivity contribution in [2.45, 2.75) is 31.6 Å². The zero-order valence-corrected chi connectivity index (χ0v) is 17.5. The molecule has 2 heterocycles. The highest BCUT2D eigenvalue weighted by molar-refractivity contribution is 7.89. The first-order valence-electron chi connectivity index (χ1n) is 9.38. The number of anilines is 1. The molecule has 2 N–H and O–H groups in total. The number of nitrogens with one attached hydrogen (secondary N) is 2. The van der Waals surface area contributed by atoms with E-state index in [1.54, 1.807) is 18.7 Å². The van der Waals surface area contributed by atoms with Gasteiger partial charge in [0.1, 0.15) is 0 Å². The number of carbonyl (C=O) groups excluding carboxylic acids is 2. The Morgan fingerprint density at radius 2 is 1.86 bits per heavy atom. The number of hydrogen-bond acceptors (Lipinski definition) is 5. The average Bonchev–Trinajstić information content (AvgIpc) is 3.32. The maximum atomic E-state index is 12.7. The highest BCUT2D eigenvalue weighted by atomic mass is 32.2. The van der Waals surface area contributed by atoms with Crippen molar-refractivity contribution in [3.8, 4) is 0 Å². The molecule has 1 aromatic carbocycles. The number of benzene rings is 1. The van der Waals surface area contributed by atoms with Gasteiger partial charge in [0.05, 0.1) is 28.5 Å². The van der Waals surface area contributed by atoms with Crippen LogP contribution in [0.1, 0.15) is 34.6 Å². The van der Waals surface area contributed by atoms with E-state index in [0.717, 1.165) is 18.5 Å². The van der Waals surface area contributed by atoms with E-state index in [1.807, 2.05) is 6.92 Å². The van der Waals surface area contributed by atoms with Crippen molar-refractivity contribution < 1.29 is 18.0 Å². The van der Waals surface area contributed by atoms with Crippen LogP contribution >= 0.6 is 0 Å². The second kappa shape index (κ2) is 8.34. The molecule has 9 nitrogen and oxygen atoms in total. The molecule has 0 unspecified atom stereocenters. The number of rotatable bonds is 6. The molecular formula is C19H25N5O4S. The lowest BCUT2D eigenvalue weighted by Gasteiger charge is -2.16. The molecule has 0 bridgehead atoms. The Bertz CT molecular complexity index is 1040. The SMILES string of the molecule is Cc1nn(C)c(C)c1NC(=O)CNC(=O)c1cccc(S(=O)(=O)N2CCCC2)c1. The van der Waals surface area contributed by atoms with Crippen LogP contribution in [0.5, 0.6) is 0 Å². The summed E-state index contributed by atoms with van der Waals surface area (Å²) in [7, 11) is -1.83. The molecule has 2 aromatic rings. The van der Waals surface area contributed by atoms with E-state index in [-0.39, 0.29) is 17.0 Å². The molecule has 0 spiro atoms. The van der Waals surface area contributed by atoms with Gasteiger partial charge in [0.25, 0.3) is 5.91 Å². The summed E-state index contributed by atoms with van der Waals surface area (Å²) in [5, 5.41) is 9.49. The van der Waals surface area contributed by atoms with Crippen LogP contribution in [0.4, 0.5) is 5.69 Å². The molecule has 0 atom stereocenters. The standard InChI is InChI=1S/C19H25N5O4S/c1-13-18(14(2)23(3)22-13)21-17(25)12-20-19(26)15-7-6-8-16(11-15)29(27,28)24-9-4-5-10-24/h6-8,11H,4-5,9-10,12H2,1-3H3,(H,20,26)(H,21,25). The lowest BCUT2D eigenvalue weighted by atomic mass is 10.2. The number of carbonyl (C=O) groups is 2. The zero-order valence-electron chi connectivity index (χ0n) is 16.7. The van der Waals surface area contributed by atoms with Crippen molar-refractivity contribution in [2.24, 2.45) is 7.05 Å². The van der Waals surface area contributed by atoms with Gasteiger partial charge in [-0.3, -0.25) is 14.3 Å². The van der Waals surface area contributed by atoms with Crippen LogP contribution in [0.3, 0.4) is 0 Å². The smallest absolute Gasteiger partial charge is 0.251 e. The van der Waals surface area contributed by atoms with Gasteiger partial charge in [-0.25, -0.2) is 8.42 Å². The van der Waals surface area contributed by atoms with Gasteiger partial charge < -0.3 is 10.6 Å². The summed E-state index contributed by atoms with van der Waals surface area (Å²) >= 11 is 0. The van der Waals surface area contributed by atoms with Gasteiger partial charge in [0.2, 0.25) is 15.9 Å². The van der Waals surface area contributed by atoms with Crippen molar-refractivity contribution >= 4 is 27.5 Å². The molecule has 1 aliphatic heterocycles. The van der Waals surface area contributed by atoms with E-state index in [2.05, 4.69) is 15.7 Å². The average molecular weight is 420 g/mol. The first kappa shape index (κ1) is 21.0. The first-order valence-corrected chi connectivity index (χ1v) is 10.8. The van der Waals surface area contributed by atoms with Crippen molar-refractivity contribution in [1.82, 2.24) is 19.4 Å². The Balaban J connectivity index is 1.64. The minimum atomic E-state index is -3.61. The van der Waals surface area contributed by atoms with E-state index in [1.165, 1.54) is 28.6 Å². The number of aryl methyl sites for hydroxylation is 2. The molecule has 0 saturated carbocycles. The van der Waals surface area contributed by atoms with Crippen LogP contribution in [-0.4, -0.2) is 54.0 Å². The number of nitrogens with zero attached hydrogens (tertiary/aromatic N) is 3. The quantitative estimate of drug-likeness (QED) is 0.730. The lowest BCUT2D eigenvalue weighted by molar-refractivity contribution is -0.115. The Morgan fingerprint density at radius 1 is 1.17 bits per heavy atom. The van der Waals surface area contributed by atoms with Gasteiger partial charge in [0, 0.05) is 25.7 Å². The molecule has 0 radical (unpaired) electrons. The van der Waals surface area contributed by atoms with Crippen LogP contribution < -0.4 is 10.6 Å². The zero-order chi connectivity index (χ0) is 21.2. The lowest BCUT2D eigenvalue weighted by Crippen LogP contribution is -2.33. The number of amides is 2. The van der Waals surface area contributed by atoms with E-state index in [9.17, 15) is 18.0 Å². The minimum absolute atomic E-state index is 0.0816. The number of sulfonamides is 1. The van der Waals surface area contributed by atoms with E-state index < -0.39 is 21.8 Å². The van der Waals surface area contributed by atoms with Crippen LogP contribution in [0.25, 0.3) is 0 Å². The fraction of sp³-hybridized carbons (Fsp3) is 0.421. The van der Waals surface area contributed by atoms with Gasteiger partial charge in [-0.15, -0.1) is 0 Å². The van der Waals surface area contributed by atoms with Gasteiger partial charge >= 0.3 is 0 Å². The number of aromatic nitrogens is 2. The second-order valence-corrected chi connectivity index (χ2v) is 8.98. The Hall–Kier alpha value is -2.72. The van der Waals surface area contributed by atoms with Gasteiger partial charge in [-0.05, 0) is 44.9 Å². The molecule has 1 aliphatic rings. The van der Waals surface area contributed by atoms with Gasteiger partial charge in [-0.1, -0.05) is 6.07 Å². The summed E-state index contributed by atoms with van der Waals surface area (Å²) in [5.41, 5.74) is 2.30. The van der Waals surface area contributed by atoms with Crippen molar-refractivity contribution in [3.05, 3.63) is 41.2 Å². The minimum Gasteiger partial charge on any atom is -0.343 e. The monoisotopic (exact) mass is 419 g/mol.